The van der Waals surface area contributed by atoms with Crippen molar-refractivity contribution in [2.75, 3.05) is 5.32 Å². The zero-order chi connectivity index (χ0) is 15.0. The number of aromatic nitrogens is 1. The second kappa shape index (κ2) is 5.01. The maximum absolute atomic E-state index is 11.4. The quantitative estimate of drug-likeness (QED) is 0.646. The summed E-state index contributed by atoms with van der Waals surface area (Å²) in [6, 6.07) is 6.14. The molecule has 1 heterocycles. The van der Waals surface area contributed by atoms with Crippen LogP contribution in [0.5, 0.6) is 0 Å². The second-order valence-corrected chi connectivity index (χ2v) is 5.09. The number of carboxylic acid groups (broad SMARTS) is 1. The molecule has 1 aliphatic rings. The predicted octanol–water partition coefficient (Wildman–Crippen LogP) is 2.42. The number of nitrogens with zero attached hydrogens (tertiary/aromatic N) is 2. The van der Waals surface area contributed by atoms with Gasteiger partial charge in [0.15, 0.2) is 0 Å². The summed E-state index contributed by atoms with van der Waals surface area (Å²) >= 11 is 0. The van der Waals surface area contributed by atoms with E-state index in [1.165, 1.54) is 0 Å². The van der Waals surface area contributed by atoms with Crippen molar-refractivity contribution in [3.63, 3.8) is 0 Å². The molecule has 2 aromatic rings. The summed E-state index contributed by atoms with van der Waals surface area (Å²) in [6.07, 6.45) is 2.80. The highest BCUT2D eigenvalue weighted by molar-refractivity contribution is 5.97. The van der Waals surface area contributed by atoms with Crippen LogP contribution < -0.4 is 5.32 Å². The first-order valence-electron chi connectivity index (χ1n) is 6.59. The van der Waals surface area contributed by atoms with E-state index in [-0.39, 0.29) is 17.3 Å². The molecule has 0 bridgehead atoms. The van der Waals surface area contributed by atoms with E-state index in [0.29, 0.717) is 10.9 Å². The Balaban J connectivity index is 2.11. The van der Waals surface area contributed by atoms with Crippen LogP contribution >= 0.6 is 0 Å². The molecule has 108 valence electrons. The van der Waals surface area contributed by atoms with Crippen molar-refractivity contribution >= 4 is 28.2 Å². The van der Waals surface area contributed by atoms with Crippen molar-refractivity contribution in [1.29, 1.82) is 0 Å². The van der Waals surface area contributed by atoms with Crippen LogP contribution in [0.15, 0.2) is 30.5 Å². The number of rotatable bonds is 5. The van der Waals surface area contributed by atoms with Gasteiger partial charge in [-0.3, -0.25) is 10.1 Å². The lowest BCUT2D eigenvalue weighted by atomic mass is 10.1. The Morgan fingerprint density at radius 3 is 2.76 bits per heavy atom. The minimum absolute atomic E-state index is 0.0223. The normalized spacial score (nSPS) is 15.6. The van der Waals surface area contributed by atoms with E-state index in [9.17, 15) is 20.0 Å². The first kappa shape index (κ1) is 13.3. The van der Waals surface area contributed by atoms with Crippen LogP contribution in [0.2, 0.25) is 0 Å². The minimum Gasteiger partial charge on any atom is -0.480 e. The average molecular weight is 287 g/mol. The highest BCUT2D eigenvalue weighted by Gasteiger charge is 2.37. The first-order valence-corrected chi connectivity index (χ1v) is 6.59. The molecular formula is C14H13N3O4. The molecule has 0 radical (unpaired) electrons. The van der Waals surface area contributed by atoms with E-state index in [1.807, 2.05) is 0 Å². The van der Waals surface area contributed by atoms with Crippen LogP contribution in [-0.4, -0.2) is 27.0 Å². The summed E-state index contributed by atoms with van der Waals surface area (Å²) in [5.41, 5.74) is 0.607. The third kappa shape index (κ3) is 2.49. The van der Waals surface area contributed by atoms with Gasteiger partial charge in [0, 0.05) is 5.39 Å². The molecule has 0 saturated heterocycles. The standard InChI is InChI=1S/C14H13N3O4/c18-14(19)12(8-5-6-8)16-13-9-3-1-2-4-10(9)15-7-11(13)17(20)21/h1-4,7-8,12H,5-6H2,(H,15,16)(H,18,19). The first-order chi connectivity index (χ1) is 10.1. The summed E-state index contributed by atoms with van der Waals surface area (Å²) < 4.78 is 0. The van der Waals surface area contributed by atoms with Gasteiger partial charge in [0.2, 0.25) is 0 Å². The lowest BCUT2D eigenvalue weighted by Gasteiger charge is -2.16. The molecule has 1 saturated carbocycles. The van der Waals surface area contributed by atoms with Crippen LogP contribution in [0.3, 0.4) is 0 Å². The monoisotopic (exact) mass is 287 g/mol. The van der Waals surface area contributed by atoms with Gasteiger partial charge in [-0.15, -0.1) is 0 Å². The fourth-order valence-corrected chi connectivity index (χ4v) is 2.39. The number of hydrogen-bond acceptors (Lipinski definition) is 5. The van der Waals surface area contributed by atoms with E-state index in [0.717, 1.165) is 19.0 Å². The molecule has 1 unspecified atom stereocenters. The number of carbonyl (C=O) groups is 1. The van der Waals surface area contributed by atoms with Gasteiger partial charge >= 0.3 is 11.7 Å². The summed E-state index contributed by atoms with van der Waals surface area (Å²) in [5, 5.41) is 23.9. The number of carboxylic acids is 1. The zero-order valence-electron chi connectivity index (χ0n) is 11.0. The SMILES string of the molecule is O=C(O)C(Nc1c([N+](=O)[O-])cnc2ccccc12)C1CC1. The Hall–Kier alpha value is -2.70. The fourth-order valence-electron chi connectivity index (χ4n) is 2.39. The number of nitro groups is 1. The third-order valence-corrected chi connectivity index (χ3v) is 3.61. The average Bonchev–Trinajstić information content (AvgIpc) is 3.28. The second-order valence-electron chi connectivity index (χ2n) is 5.09. The Morgan fingerprint density at radius 1 is 1.43 bits per heavy atom. The van der Waals surface area contributed by atoms with Crippen LogP contribution in [0.1, 0.15) is 12.8 Å². The van der Waals surface area contributed by atoms with E-state index in [1.54, 1.807) is 24.3 Å². The van der Waals surface area contributed by atoms with Gasteiger partial charge in [0.05, 0.1) is 10.4 Å². The van der Waals surface area contributed by atoms with E-state index >= 15 is 0 Å². The maximum atomic E-state index is 11.4. The van der Waals surface area contributed by atoms with Crippen LogP contribution in [0.4, 0.5) is 11.4 Å². The number of aliphatic carboxylic acids is 1. The number of benzene rings is 1. The van der Waals surface area contributed by atoms with Gasteiger partial charge in [-0.25, -0.2) is 9.78 Å². The number of para-hydroxylation sites is 1. The van der Waals surface area contributed by atoms with Gasteiger partial charge in [0.25, 0.3) is 0 Å². The number of fused-ring (bicyclic) bond motifs is 1. The molecule has 1 aromatic heterocycles. The van der Waals surface area contributed by atoms with Crippen molar-refractivity contribution < 1.29 is 14.8 Å². The fraction of sp³-hybridized carbons (Fsp3) is 0.286. The lowest BCUT2D eigenvalue weighted by Crippen LogP contribution is -2.31. The van der Waals surface area contributed by atoms with E-state index in [2.05, 4.69) is 10.3 Å². The molecule has 2 N–H and O–H groups in total. The molecule has 1 fully saturated rings. The van der Waals surface area contributed by atoms with Crippen molar-refractivity contribution in [2.24, 2.45) is 5.92 Å². The van der Waals surface area contributed by atoms with Crippen LogP contribution in [-0.2, 0) is 4.79 Å². The molecule has 7 nitrogen and oxygen atoms in total. The van der Waals surface area contributed by atoms with E-state index < -0.39 is 16.9 Å². The number of nitrogens with one attached hydrogen (secondary N) is 1. The van der Waals surface area contributed by atoms with Crippen LogP contribution in [0.25, 0.3) is 10.9 Å². The summed E-state index contributed by atoms with van der Waals surface area (Å²) in [4.78, 5) is 26.0. The molecule has 1 atom stereocenters. The predicted molar refractivity (Wildman–Crippen MR) is 76.2 cm³/mol. The maximum Gasteiger partial charge on any atom is 0.326 e. The van der Waals surface area contributed by atoms with Crippen molar-refractivity contribution in [2.45, 2.75) is 18.9 Å². The molecule has 3 rings (SSSR count). The summed E-state index contributed by atoms with van der Waals surface area (Å²) in [7, 11) is 0. The van der Waals surface area contributed by atoms with Crippen molar-refractivity contribution in [3.05, 3.63) is 40.6 Å². The zero-order valence-corrected chi connectivity index (χ0v) is 11.0. The largest absolute Gasteiger partial charge is 0.480 e. The highest BCUT2D eigenvalue weighted by Crippen LogP contribution is 2.38. The lowest BCUT2D eigenvalue weighted by molar-refractivity contribution is -0.384. The molecule has 0 amide bonds. The number of anilines is 1. The molecule has 1 aliphatic carbocycles. The Kier molecular flexibility index (Phi) is 3.17. The molecule has 1 aromatic carbocycles. The Bertz CT molecular complexity index is 727. The Morgan fingerprint density at radius 2 is 2.14 bits per heavy atom. The smallest absolute Gasteiger partial charge is 0.326 e. The van der Waals surface area contributed by atoms with Crippen molar-refractivity contribution in [3.8, 4) is 0 Å². The topological polar surface area (TPSA) is 105 Å². The van der Waals surface area contributed by atoms with E-state index in [4.69, 9.17) is 0 Å². The molecule has 21 heavy (non-hydrogen) atoms. The van der Waals surface area contributed by atoms with Gasteiger partial charge in [-0.2, -0.15) is 0 Å². The van der Waals surface area contributed by atoms with Gasteiger partial charge in [0.1, 0.15) is 17.9 Å². The summed E-state index contributed by atoms with van der Waals surface area (Å²) in [6.45, 7) is 0. The van der Waals surface area contributed by atoms with Gasteiger partial charge in [-0.1, -0.05) is 18.2 Å². The van der Waals surface area contributed by atoms with Crippen molar-refractivity contribution in [1.82, 2.24) is 4.98 Å². The number of pyridine rings is 1. The van der Waals surface area contributed by atoms with Gasteiger partial charge in [-0.05, 0) is 24.8 Å². The molecule has 0 spiro atoms. The molecule has 0 aliphatic heterocycles. The molecular weight excluding hydrogens is 274 g/mol. The summed E-state index contributed by atoms with van der Waals surface area (Å²) in [5.74, 6) is -0.971. The highest BCUT2D eigenvalue weighted by atomic mass is 16.6. The third-order valence-electron chi connectivity index (χ3n) is 3.61. The number of hydrogen-bond donors (Lipinski definition) is 2. The van der Waals surface area contributed by atoms with Gasteiger partial charge < -0.3 is 10.4 Å². The van der Waals surface area contributed by atoms with Crippen LogP contribution in [0, 0.1) is 16.0 Å². The Labute approximate surface area is 119 Å². The minimum atomic E-state index is -0.993. The molecule has 7 heteroatoms.